The van der Waals surface area contributed by atoms with Crippen molar-refractivity contribution < 1.29 is 14.6 Å². The van der Waals surface area contributed by atoms with Crippen LogP contribution in [0.4, 0.5) is 0 Å². The van der Waals surface area contributed by atoms with E-state index in [0.29, 0.717) is 11.3 Å². The average molecular weight is 314 g/mol. The smallest absolute Gasteiger partial charge is 0.222 e. The van der Waals surface area contributed by atoms with Crippen LogP contribution in [0.1, 0.15) is 29.7 Å². The van der Waals surface area contributed by atoms with E-state index in [1.807, 2.05) is 42.5 Å². The maximum atomic E-state index is 12.0. The number of aliphatic hydroxyl groups is 1. The Hall–Kier alpha value is -2.37. The van der Waals surface area contributed by atoms with Gasteiger partial charge in [-0.2, -0.15) is 0 Å². The number of hydrogen-bond donors (Lipinski definition) is 3. The fourth-order valence-electron chi connectivity index (χ4n) is 2.35. The van der Waals surface area contributed by atoms with E-state index in [1.165, 1.54) is 0 Å². The molecule has 5 heteroatoms. The van der Waals surface area contributed by atoms with Crippen LogP contribution in [-0.2, 0) is 4.79 Å². The number of aliphatic hydroxyl groups excluding tert-OH is 1. The zero-order valence-electron chi connectivity index (χ0n) is 13.1. The number of carbonyl (C=O) groups excluding carboxylic acids is 1. The van der Waals surface area contributed by atoms with Crippen LogP contribution < -0.4 is 15.8 Å². The number of amides is 1. The van der Waals surface area contributed by atoms with Crippen molar-refractivity contribution in [1.29, 1.82) is 0 Å². The van der Waals surface area contributed by atoms with Gasteiger partial charge in [-0.05, 0) is 11.6 Å². The van der Waals surface area contributed by atoms with E-state index < -0.39 is 6.10 Å². The van der Waals surface area contributed by atoms with Crippen LogP contribution in [0.25, 0.3) is 0 Å². The third-order valence-corrected chi connectivity index (χ3v) is 3.62. The number of para-hydroxylation sites is 1. The summed E-state index contributed by atoms with van der Waals surface area (Å²) in [5, 5.41) is 12.9. The van der Waals surface area contributed by atoms with Crippen molar-refractivity contribution >= 4 is 5.91 Å². The summed E-state index contributed by atoms with van der Waals surface area (Å²) in [5.74, 6) is 0.394. The molecule has 0 fully saturated rings. The predicted octanol–water partition coefficient (Wildman–Crippen LogP) is 1.93. The van der Waals surface area contributed by atoms with Crippen molar-refractivity contribution in [1.82, 2.24) is 5.32 Å². The average Bonchev–Trinajstić information content (AvgIpc) is 2.60. The van der Waals surface area contributed by atoms with Crippen molar-refractivity contribution in [3.63, 3.8) is 0 Å². The van der Waals surface area contributed by atoms with Crippen molar-refractivity contribution in [2.75, 3.05) is 13.7 Å². The molecular weight excluding hydrogens is 292 g/mol. The molecular formula is C18H22N2O3. The predicted molar refractivity (Wildman–Crippen MR) is 89.0 cm³/mol. The summed E-state index contributed by atoms with van der Waals surface area (Å²) in [6.45, 7) is 0.112. The standard InChI is InChI=1S/C18H22N2O3/c1-23-17-10-6-5-9-14(17)16(21)12-20-18(22)11-15(19)13-7-3-2-4-8-13/h2-10,15-16,21H,11-12,19H2,1H3,(H,20,22). The van der Waals surface area contributed by atoms with Crippen LogP contribution in [0.5, 0.6) is 5.75 Å². The number of nitrogens with two attached hydrogens (primary N) is 1. The summed E-state index contributed by atoms with van der Waals surface area (Å²) < 4.78 is 5.20. The summed E-state index contributed by atoms with van der Waals surface area (Å²) in [6, 6.07) is 16.3. The maximum Gasteiger partial charge on any atom is 0.222 e. The first kappa shape index (κ1) is 17.0. The summed E-state index contributed by atoms with van der Waals surface area (Å²) in [6.07, 6.45) is -0.661. The monoisotopic (exact) mass is 314 g/mol. The lowest BCUT2D eigenvalue weighted by molar-refractivity contribution is -0.121. The molecule has 5 nitrogen and oxygen atoms in total. The molecule has 0 aromatic heterocycles. The SMILES string of the molecule is COc1ccccc1C(O)CNC(=O)CC(N)c1ccccc1. The second-order valence-corrected chi connectivity index (χ2v) is 5.28. The molecule has 0 spiro atoms. The second kappa shape index (κ2) is 8.31. The summed E-state index contributed by atoms with van der Waals surface area (Å²) >= 11 is 0. The molecule has 0 aliphatic rings. The van der Waals surface area contributed by atoms with E-state index >= 15 is 0 Å². The molecule has 0 bridgehead atoms. The van der Waals surface area contributed by atoms with Crippen LogP contribution in [0.15, 0.2) is 54.6 Å². The minimum absolute atomic E-state index is 0.112. The van der Waals surface area contributed by atoms with Gasteiger partial charge in [-0.25, -0.2) is 0 Å². The van der Waals surface area contributed by atoms with Crippen LogP contribution in [-0.4, -0.2) is 24.7 Å². The first-order chi connectivity index (χ1) is 11.1. The van der Waals surface area contributed by atoms with Crippen LogP contribution >= 0.6 is 0 Å². The van der Waals surface area contributed by atoms with Gasteiger partial charge in [0.2, 0.25) is 5.91 Å². The number of ether oxygens (including phenoxy) is 1. The van der Waals surface area contributed by atoms with E-state index in [0.717, 1.165) is 5.56 Å². The van der Waals surface area contributed by atoms with Crippen LogP contribution in [0.3, 0.4) is 0 Å². The Bertz CT molecular complexity index is 631. The molecule has 122 valence electrons. The van der Waals surface area contributed by atoms with Crippen molar-refractivity contribution in [2.45, 2.75) is 18.6 Å². The van der Waals surface area contributed by atoms with Crippen molar-refractivity contribution in [2.24, 2.45) is 5.73 Å². The third kappa shape index (κ3) is 4.81. The normalized spacial score (nSPS) is 13.2. The Kier molecular flexibility index (Phi) is 6.14. The zero-order valence-corrected chi connectivity index (χ0v) is 13.1. The van der Waals surface area contributed by atoms with Gasteiger partial charge in [0.05, 0.1) is 13.2 Å². The highest BCUT2D eigenvalue weighted by Crippen LogP contribution is 2.24. The van der Waals surface area contributed by atoms with E-state index in [1.54, 1.807) is 19.2 Å². The molecule has 0 radical (unpaired) electrons. The van der Waals surface area contributed by atoms with E-state index in [9.17, 15) is 9.90 Å². The van der Waals surface area contributed by atoms with Gasteiger partial charge < -0.3 is 20.9 Å². The second-order valence-electron chi connectivity index (χ2n) is 5.28. The summed E-state index contributed by atoms with van der Waals surface area (Å²) in [4.78, 5) is 12.0. The molecule has 0 heterocycles. The fraction of sp³-hybridized carbons (Fsp3) is 0.278. The van der Waals surface area contributed by atoms with Gasteiger partial charge in [-0.15, -0.1) is 0 Å². The van der Waals surface area contributed by atoms with Crippen LogP contribution in [0.2, 0.25) is 0 Å². The first-order valence-corrected chi connectivity index (χ1v) is 7.50. The lowest BCUT2D eigenvalue weighted by atomic mass is 10.0. The molecule has 0 saturated heterocycles. The molecule has 0 aliphatic heterocycles. The Morgan fingerprint density at radius 2 is 1.83 bits per heavy atom. The molecule has 0 aliphatic carbocycles. The van der Waals surface area contributed by atoms with Crippen LogP contribution in [0, 0.1) is 0 Å². The largest absolute Gasteiger partial charge is 0.496 e. The molecule has 0 saturated carbocycles. The maximum absolute atomic E-state index is 12.0. The minimum atomic E-state index is -0.831. The third-order valence-electron chi connectivity index (χ3n) is 3.62. The number of nitrogens with one attached hydrogen (secondary N) is 1. The van der Waals surface area contributed by atoms with Gasteiger partial charge in [0.1, 0.15) is 5.75 Å². The highest BCUT2D eigenvalue weighted by Gasteiger charge is 2.15. The summed E-state index contributed by atoms with van der Waals surface area (Å²) in [5.41, 5.74) is 7.57. The number of methoxy groups -OCH3 is 1. The Balaban J connectivity index is 1.86. The highest BCUT2D eigenvalue weighted by atomic mass is 16.5. The summed E-state index contributed by atoms with van der Waals surface area (Å²) in [7, 11) is 1.54. The van der Waals surface area contributed by atoms with E-state index in [-0.39, 0.29) is 24.9 Å². The molecule has 2 atom stereocenters. The number of hydrogen-bond acceptors (Lipinski definition) is 4. The lowest BCUT2D eigenvalue weighted by Crippen LogP contribution is -2.31. The Labute approximate surface area is 136 Å². The fourth-order valence-corrected chi connectivity index (χ4v) is 2.35. The van der Waals surface area contributed by atoms with Gasteiger partial charge in [0.25, 0.3) is 0 Å². The number of benzene rings is 2. The molecule has 2 unspecified atom stereocenters. The Morgan fingerprint density at radius 1 is 1.17 bits per heavy atom. The highest BCUT2D eigenvalue weighted by molar-refractivity contribution is 5.76. The molecule has 2 aromatic rings. The lowest BCUT2D eigenvalue weighted by Gasteiger charge is -2.16. The first-order valence-electron chi connectivity index (χ1n) is 7.50. The van der Waals surface area contributed by atoms with Gasteiger partial charge in [-0.1, -0.05) is 48.5 Å². The molecule has 2 rings (SSSR count). The number of rotatable bonds is 7. The van der Waals surface area contributed by atoms with E-state index in [2.05, 4.69) is 5.32 Å². The van der Waals surface area contributed by atoms with Crippen molar-refractivity contribution in [3.8, 4) is 5.75 Å². The molecule has 2 aromatic carbocycles. The van der Waals surface area contributed by atoms with Gasteiger partial charge in [0, 0.05) is 24.6 Å². The minimum Gasteiger partial charge on any atom is -0.496 e. The molecule has 4 N–H and O–H groups in total. The van der Waals surface area contributed by atoms with Gasteiger partial charge in [-0.3, -0.25) is 4.79 Å². The quantitative estimate of drug-likeness (QED) is 0.729. The molecule has 23 heavy (non-hydrogen) atoms. The van der Waals surface area contributed by atoms with Gasteiger partial charge >= 0.3 is 0 Å². The van der Waals surface area contributed by atoms with Crippen molar-refractivity contribution in [3.05, 3.63) is 65.7 Å². The van der Waals surface area contributed by atoms with Gasteiger partial charge in [0.15, 0.2) is 0 Å². The zero-order chi connectivity index (χ0) is 16.7. The van der Waals surface area contributed by atoms with E-state index in [4.69, 9.17) is 10.5 Å². The topological polar surface area (TPSA) is 84.6 Å². The molecule has 1 amide bonds. The number of carbonyl (C=O) groups is 1. The Morgan fingerprint density at radius 3 is 2.52 bits per heavy atom.